The zero-order chi connectivity index (χ0) is 11.3. The van der Waals surface area contributed by atoms with Crippen LogP contribution < -0.4 is 5.32 Å². The quantitative estimate of drug-likeness (QED) is 0.798. The van der Waals surface area contributed by atoms with Crippen LogP contribution in [0.1, 0.15) is 24.9 Å². The highest BCUT2D eigenvalue weighted by atomic mass is 32.1. The highest BCUT2D eigenvalue weighted by molar-refractivity contribution is 7.80. The van der Waals surface area contributed by atoms with E-state index in [4.69, 9.17) is 16.6 Å². The number of nitrogens with zero attached hydrogens (tertiary/aromatic N) is 1. The molecule has 4 heteroatoms. The Morgan fingerprint density at radius 3 is 2.80 bits per heavy atom. The maximum absolute atomic E-state index is 5.48. The molecule has 3 nitrogen and oxygen atoms in total. The number of hydrogen-bond donors (Lipinski definition) is 1. The third-order valence-electron chi connectivity index (χ3n) is 2.06. The van der Waals surface area contributed by atoms with Crippen LogP contribution in [0.25, 0.3) is 0 Å². The van der Waals surface area contributed by atoms with E-state index in [9.17, 15) is 0 Å². The molecule has 0 saturated carbocycles. The van der Waals surface area contributed by atoms with Crippen LogP contribution in [-0.2, 0) is 6.54 Å². The molecule has 0 aliphatic heterocycles. The summed E-state index contributed by atoms with van der Waals surface area (Å²) in [6, 6.07) is 3.94. The number of nitrogens with one attached hydrogen (secondary N) is 1. The van der Waals surface area contributed by atoms with Gasteiger partial charge in [-0.1, -0.05) is 6.92 Å². The molecule has 0 radical (unpaired) electrons. The molecule has 1 aromatic heterocycles. The van der Waals surface area contributed by atoms with Gasteiger partial charge in [0.15, 0.2) is 5.11 Å². The van der Waals surface area contributed by atoms with E-state index in [0.29, 0.717) is 6.54 Å². The van der Waals surface area contributed by atoms with E-state index in [2.05, 4.69) is 12.2 Å². The van der Waals surface area contributed by atoms with E-state index in [1.165, 1.54) is 0 Å². The van der Waals surface area contributed by atoms with Crippen LogP contribution in [-0.4, -0.2) is 23.6 Å². The molecule has 0 aliphatic rings. The summed E-state index contributed by atoms with van der Waals surface area (Å²) in [5.74, 6) is 1.88. The van der Waals surface area contributed by atoms with Crippen molar-refractivity contribution >= 4 is 17.3 Å². The summed E-state index contributed by atoms with van der Waals surface area (Å²) in [6.45, 7) is 5.69. The molecule has 0 atom stereocenters. The molecule has 1 aromatic rings. The summed E-state index contributed by atoms with van der Waals surface area (Å²) < 4.78 is 5.48. The maximum atomic E-state index is 5.48. The fraction of sp³-hybridized carbons (Fsp3) is 0.545. The van der Waals surface area contributed by atoms with Gasteiger partial charge in [0.05, 0.1) is 6.54 Å². The summed E-state index contributed by atoms with van der Waals surface area (Å²) in [5, 5.41) is 3.94. The third kappa shape index (κ3) is 3.91. The number of rotatable bonds is 4. The maximum Gasteiger partial charge on any atom is 0.169 e. The van der Waals surface area contributed by atoms with Crippen molar-refractivity contribution in [2.75, 3.05) is 13.6 Å². The highest BCUT2D eigenvalue weighted by Gasteiger charge is 2.06. The molecular weight excluding hydrogens is 208 g/mol. The van der Waals surface area contributed by atoms with Crippen molar-refractivity contribution in [3.05, 3.63) is 23.7 Å². The number of furan rings is 1. The van der Waals surface area contributed by atoms with Gasteiger partial charge in [-0.25, -0.2) is 0 Å². The Labute approximate surface area is 96.4 Å². The lowest BCUT2D eigenvalue weighted by Gasteiger charge is -2.19. The smallest absolute Gasteiger partial charge is 0.169 e. The van der Waals surface area contributed by atoms with E-state index in [1.54, 1.807) is 0 Å². The van der Waals surface area contributed by atoms with Crippen LogP contribution in [0.5, 0.6) is 0 Å². The molecule has 0 saturated heterocycles. The summed E-state index contributed by atoms with van der Waals surface area (Å²) in [6.07, 6.45) is 1.08. The highest BCUT2D eigenvalue weighted by Crippen LogP contribution is 2.08. The first kappa shape index (κ1) is 12.0. The van der Waals surface area contributed by atoms with Gasteiger partial charge < -0.3 is 14.6 Å². The first-order valence-electron chi connectivity index (χ1n) is 5.17. The summed E-state index contributed by atoms with van der Waals surface area (Å²) in [4.78, 5) is 1.98. The van der Waals surface area contributed by atoms with E-state index in [0.717, 1.165) is 29.6 Å². The Bertz CT molecular complexity index is 322. The van der Waals surface area contributed by atoms with Crippen molar-refractivity contribution in [2.45, 2.75) is 26.8 Å². The average molecular weight is 226 g/mol. The second-order valence-corrected chi connectivity index (χ2v) is 3.99. The Morgan fingerprint density at radius 2 is 2.27 bits per heavy atom. The van der Waals surface area contributed by atoms with Gasteiger partial charge >= 0.3 is 0 Å². The third-order valence-corrected chi connectivity index (χ3v) is 2.52. The Kier molecular flexibility index (Phi) is 4.62. The molecule has 0 bridgehead atoms. The minimum absolute atomic E-state index is 0.712. The normalized spacial score (nSPS) is 10.1. The Morgan fingerprint density at radius 1 is 1.53 bits per heavy atom. The number of aryl methyl sites for hydroxylation is 1. The van der Waals surface area contributed by atoms with Crippen molar-refractivity contribution < 1.29 is 4.42 Å². The van der Waals surface area contributed by atoms with E-state index in [1.807, 2.05) is 31.0 Å². The fourth-order valence-corrected chi connectivity index (χ4v) is 1.41. The van der Waals surface area contributed by atoms with Crippen molar-refractivity contribution in [2.24, 2.45) is 0 Å². The molecule has 15 heavy (non-hydrogen) atoms. The van der Waals surface area contributed by atoms with Crippen LogP contribution in [0.15, 0.2) is 16.5 Å². The summed E-state index contributed by atoms with van der Waals surface area (Å²) >= 11 is 5.22. The molecule has 1 heterocycles. The van der Waals surface area contributed by atoms with Crippen molar-refractivity contribution in [3.63, 3.8) is 0 Å². The van der Waals surface area contributed by atoms with Crippen LogP contribution in [0, 0.1) is 6.92 Å². The molecule has 0 fully saturated rings. The van der Waals surface area contributed by atoms with E-state index < -0.39 is 0 Å². The molecule has 0 amide bonds. The van der Waals surface area contributed by atoms with Gasteiger partial charge in [-0.2, -0.15) is 0 Å². The van der Waals surface area contributed by atoms with Crippen molar-refractivity contribution in [3.8, 4) is 0 Å². The lowest BCUT2D eigenvalue weighted by molar-refractivity contribution is 0.396. The predicted molar refractivity (Wildman–Crippen MR) is 65.8 cm³/mol. The van der Waals surface area contributed by atoms with Gasteiger partial charge in [-0.3, -0.25) is 0 Å². The van der Waals surface area contributed by atoms with Crippen LogP contribution in [0.2, 0.25) is 0 Å². The van der Waals surface area contributed by atoms with Crippen LogP contribution in [0.4, 0.5) is 0 Å². The van der Waals surface area contributed by atoms with Crippen LogP contribution >= 0.6 is 12.2 Å². The summed E-state index contributed by atoms with van der Waals surface area (Å²) in [5.41, 5.74) is 0. The van der Waals surface area contributed by atoms with Gasteiger partial charge in [0.2, 0.25) is 0 Å². The van der Waals surface area contributed by atoms with Crippen LogP contribution in [0.3, 0.4) is 0 Å². The van der Waals surface area contributed by atoms with E-state index in [-0.39, 0.29) is 0 Å². The molecule has 0 spiro atoms. The molecule has 84 valence electrons. The van der Waals surface area contributed by atoms with Gasteiger partial charge in [0.1, 0.15) is 11.5 Å². The second kappa shape index (κ2) is 5.75. The first-order chi connectivity index (χ1) is 7.13. The SMILES string of the molecule is CCCNC(=S)N(C)Cc1ccc(C)o1. The molecule has 0 unspecified atom stereocenters. The predicted octanol–water partition coefficient (Wildman–Crippen LogP) is 2.30. The minimum atomic E-state index is 0.712. The van der Waals surface area contributed by atoms with Gasteiger partial charge in [0.25, 0.3) is 0 Å². The van der Waals surface area contributed by atoms with E-state index >= 15 is 0 Å². The molecule has 0 aliphatic carbocycles. The minimum Gasteiger partial charge on any atom is -0.464 e. The lowest BCUT2D eigenvalue weighted by Crippen LogP contribution is -2.36. The largest absolute Gasteiger partial charge is 0.464 e. The standard InChI is InChI=1S/C11H18N2OS/c1-4-7-12-11(15)13(3)8-10-6-5-9(2)14-10/h5-6H,4,7-8H2,1-3H3,(H,12,15). The zero-order valence-electron chi connectivity index (χ0n) is 9.54. The molecule has 0 aromatic carbocycles. The fourth-order valence-electron chi connectivity index (χ4n) is 1.24. The number of hydrogen-bond acceptors (Lipinski definition) is 2. The molecular formula is C11H18N2OS. The Hall–Kier alpha value is -1.03. The lowest BCUT2D eigenvalue weighted by atomic mass is 10.4. The molecule has 1 N–H and O–H groups in total. The second-order valence-electron chi connectivity index (χ2n) is 3.60. The number of thiocarbonyl (C=S) groups is 1. The van der Waals surface area contributed by atoms with Crippen molar-refractivity contribution in [1.29, 1.82) is 0 Å². The first-order valence-corrected chi connectivity index (χ1v) is 5.58. The monoisotopic (exact) mass is 226 g/mol. The van der Waals surface area contributed by atoms with Crippen molar-refractivity contribution in [1.82, 2.24) is 10.2 Å². The average Bonchev–Trinajstić information content (AvgIpc) is 2.60. The van der Waals surface area contributed by atoms with Gasteiger partial charge in [-0.05, 0) is 37.7 Å². The van der Waals surface area contributed by atoms with Gasteiger partial charge in [0, 0.05) is 13.6 Å². The molecule has 1 rings (SSSR count). The summed E-state index contributed by atoms with van der Waals surface area (Å²) in [7, 11) is 1.96. The van der Waals surface area contributed by atoms with Gasteiger partial charge in [-0.15, -0.1) is 0 Å². The topological polar surface area (TPSA) is 28.4 Å². The Balaban J connectivity index is 2.41. The zero-order valence-corrected chi connectivity index (χ0v) is 10.4.